The number of imidazole rings is 1. The third kappa shape index (κ3) is 4.45. The maximum Gasteiger partial charge on any atom is 0.206 e. The Bertz CT molecular complexity index is 1430. The molecule has 0 saturated heterocycles. The lowest BCUT2D eigenvalue weighted by Crippen LogP contribution is -2.02. The number of rotatable bonds is 7. The molecule has 6 nitrogen and oxygen atoms in total. The average molecular weight is 489 g/mol. The van der Waals surface area contributed by atoms with Gasteiger partial charge in [-0.25, -0.2) is 4.98 Å². The Balaban J connectivity index is 1.33. The van der Waals surface area contributed by atoms with Crippen LogP contribution >= 0.6 is 23.4 Å². The molecule has 2 aromatic heterocycles. The van der Waals surface area contributed by atoms with Gasteiger partial charge in [-0.1, -0.05) is 48.9 Å². The van der Waals surface area contributed by atoms with Gasteiger partial charge in [0.1, 0.15) is 5.82 Å². The summed E-state index contributed by atoms with van der Waals surface area (Å²) in [5.41, 5.74) is 7.71. The summed E-state index contributed by atoms with van der Waals surface area (Å²) in [4.78, 5) is 9.70. The fourth-order valence-electron chi connectivity index (χ4n) is 4.34. The van der Waals surface area contributed by atoms with E-state index < -0.39 is 0 Å². The third-order valence-electron chi connectivity index (χ3n) is 6.02. The number of aromatic amines is 2. The van der Waals surface area contributed by atoms with Crippen LogP contribution in [0.2, 0.25) is 5.02 Å². The van der Waals surface area contributed by atoms with Crippen molar-refractivity contribution < 1.29 is 0 Å². The third-order valence-corrected chi connectivity index (χ3v) is 7.53. The van der Waals surface area contributed by atoms with E-state index in [2.05, 4.69) is 82.8 Å². The lowest BCUT2D eigenvalue weighted by Gasteiger charge is -2.13. The summed E-state index contributed by atoms with van der Waals surface area (Å²) >= 11 is 8.38. The highest BCUT2D eigenvalue weighted by molar-refractivity contribution is 7.98. The first kappa shape index (κ1) is 22.6. The zero-order valence-corrected chi connectivity index (χ0v) is 20.8. The van der Waals surface area contributed by atoms with Crippen molar-refractivity contribution in [3.05, 3.63) is 87.7 Å². The monoisotopic (exact) mass is 488 g/mol. The van der Waals surface area contributed by atoms with Gasteiger partial charge in [0.25, 0.3) is 0 Å². The summed E-state index contributed by atoms with van der Waals surface area (Å²) in [6.45, 7) is 6.45. The van der Waals surface area contributed by atoms with E-state index in [-0.39, 0.29) is 5.92 Å². The van der Waals surface area contributed by atoms with E-state index in [1.165, 1.54) is 21.6 Å². The molecule has 3 aromatic carbocycles. The fourth-order valence-corrected chi connectivity index (χ4v) is 5.59. The molecule has 1 atom stereocenters. The molecular formula is C26H25ClN6S. The molecule has 0 saturated carbocycles. The number of nitrogens with zero attached hydrogens (tertiary/aromatic N) is 4. The van der Waals surface area contributed by atoms with Crippen molar-refractivity contribution in [2.75, 3.05) is 0 Å². The zero-order valence-electron chi connectivity index (χ0n) is 19.3. The Hall–Kier alpha value is -3.16. The SMILES string of the molecule is CCC(c1ccc(SCc2cccc(-c3nn[nH]n3)c2Cl)cc1)c1nc2c(C)cc(C)cc2[nH]1. The quantitative estimate of drug-likeness (QED) is 0.245. The molecular weight excluding hydrogens is 464 g/mol. The minimum atomic E-state index is 0.229. The number of H-pyrrole nitrogens is 2. The fraction of sp³-hybridized carbons (Fsp3) is 0.231. The number of tetrazole rings is 1. The van der Waals surface area contributed by atoms with Crippen molar-refractivity contribution >= 4 is 34.4 Å². The number of nitrogens with one attached hydrogen (secondary N) is 2. The highest BCUT2D eigenvalue weighted by Crippen LogP contribution is 2.34. The van der Waals surface area contributed by atoms with Gasteiger partial charge in [0, 0.05) is 22.1 Å². The van der Waals surface area contributed by atoms with E-state index in [0.717, 1.165) is 40.2 Å². The number of halogens is 1. The Labute approximate surface area is 207 Å². The van der Waals surface area contributed by atoms with E-state index in [1.54, 1.807) is 11.8 Å². The first-order valence-corrected chi connectivity index (χ1v) is 12.6. The van der Waals surface area contributed by atoms with E-state index in [1.807, 2.05) is 18.2 Å². The van der Waals surface area contributed by atoms with E-state index in [0.29, 0.717) is 10.8 Å². The molecule has 5 aromatic rings. The van der Waals surface area contributed by atoms with Crippen LogP contribution in [-0.2, 0) is 5.75 Å². The second kappa shape index (κ2) is 9.60. The molecule has 172 valence electrons. The molecule has 0 spiro atoms. The normalized spacial score (nSPS) is 12.4. The topological polar surface area (TPSA) is 83.1 Å². The van der Waals surface area contributed by atoms with Gasteiger partial charge in [0.2, 0.25) is 5.82 Å². The van der Waals surface area contributed by atoms with Gasteiger partial charge in [-0.05, 0) is 72.0 Å². The number of hydrogen-bond donors (Lipinski definition) is 2. The standard InChI is InChI=1S/C26H25ClN6S/c1-4-20(25-28-22-13-15(2)12-16(3)24(22)29-25)17-8-10-19(11-9-17)34-14-18-6-5-7-21(23(18)27)26-30-32-33-31-26/h5-13,20H,4,14H2,1-3H3,(H,28,29)(H,30,31,32,33). The van der Waals surface area contributed by atoms with Gasteiger partial charge in [0.15, 0.2) is 0 Å². The molecule has 5 rings (SSSR count). The largest absolute Gasteiger partial charge is 0.341 e. The summed E-state index contributed by atoms with van der Waals surface area (Å²) in [5, 5.41) is 14.8. The van der Waals surface area contributed by atoms with Crippen LogP contribution in [0.1, 0.15) is 47.3 Å². The maximum absolute atomic E-state index is 6.63. The summed E-state index contributed by atoms with van der Waals surface area (Å²) in [6.07, 6.45) is 0.975. The molecule has 2 N–H and O–H groups in total. The number of benzene rings is 3. The van der Waals surface area contributed by atoms with E-state index in [9.17, 15) is 0 Å². The van der Waals surface area contributed by atoms with E-state index >= 15 is 0 Å². The molecule has 0 radical (unpaired) electrons. The Morgan fingerprint density at radius 2 is 1.88 bits per heavy atom. The predicted octanol–water partition coefficient (Wildman–Crippen LogP) is 6.85. The molecule has 1 unspecified atom stereocenters. The second-order valence-electron chi connectivity index (χ2n) is 8.43. The predicted molar refractivity (Wildman–Crippen MR) is 138 cm³/mol. The van der Waals surface area contributed by atoms with Crippen LogP contribution in [0.5, 0.6) is 0 Å². The maximum atomic E-state index is 6.63. The highest BCUT2D eigenvalue weighted by Gasteiger charge is 2.18. The van der Waals surface area contributed by atoms with Crippen LogP contribution in [0, 0.1) is 13.8 Å². The lowest BCUT2D eigenvalue weighted by atomic mass is 9.96. The number of aryl methyl sites for hydroxylation is 2. The van der Waals surface area contributed by atoms with Crippen LogP contribution in [0.4, 0.5) is 0 Å². The number of fused-ring (bicyclic) bond motifs is 1. The van der Waals surface area contributed by atoms with Gasteiger partial charge < -0.3 is 4.98 Å². The number of hydrogen-bond acceptors (Lipinski definition) is 5. The van der Waals surface area contributed by atoms with Gasteiger partial charge in [0.05, 0.1) is 16.1 Å². The van der Waals surface area contributed by atoms with Crippen molar-refractivity contribution in [3.8, 4) is 11.4 Å². The number of aromatic nitrogens is 6. The zero-order chi connectivity index (χ0) is 23.7. The van der Waals surface area contributed by atoms with Gasteiger partial charge in [-0.15, -0.1) is 22.0 Å². The molecule has 0 aliphatic carbocycles. The van der Waals surface area contributed by atoms with Crippen molar-refractivity contribution in [3.63, 3.8) is 0 Å². The lowest BCUT2D eigenvalue weighted by molar-refractivity contribution is 0.731. The first-order valence-electron chi connectivity index (χ1n) is 11.2. The van der Waals surface area contributed by atoms with E-state index in [4.69, 9.17) is 16.6 Å². The Kier molecular flexibility index (Phi) is 6.39. The molecule has 2 heterocycles. The first-order chi connectivity index (χ1) is 16.5. The second-order valence-corrected chi connectivity index (χ2v) is 9.86. The molecule has 0 fully saturated rings. The van der Waals surface area contributed by atoms with Crippen LogP contribution in [-0.4, -0.2) is 30.6 Å². The van der Waals surface area contributed by atoms with Crippen LogP contribution in [0.15, 0.2) is 59.5 Å². The van der Waals surface area contributed by atoms with Crippen molar-refractivity contribution in [1.82, 2.24) is 30.6 Å². The highest BCUT2D eigenvalue weighted by atomic mass is 35.5. The molecule has 0 aliphatic heterocycles. The van der Waals surface area contributed by atoms with Gasteiger partial charge >= 0.3 is 0 Å². The molecule has 8 heteroatoms. The van der Waals surface area contributed by atoms with Crippen LogP contribution in [0.3, 0.4) is 0 Å². The summed E-state index contributed by atoms with van der Waals surface area (Å²) < 4.78 is 0. The van der Waals surface area contributed by atoms with Gasteiger partial charge in [-0.2, -0.15) is 5.21 Å². The van der Waals surface area contributed by atoms with Crippen molar-refractivity contribution in [2.24, 2.45) is 0 Å². The average Bonchev–Trinajstić information content (AvgIpc) is 3.50. The smallest absolute Gasteiger partial charge is 0.206 e. The Morgan fingerprint density at radius 3 is 2.62 bits per heavy atom. The summed E-state index contributed by atoms with van der Waals surface area (Å²) in [7, 11) is 0. The minimum absolute atomic E-state index is 0.229. The minimum Gasteiger partial charge on any atom is -0.341 e. The summed E-state index contributed by atoms with van der Waals surface area (Å²) in [6, 6.07) is 19.0. The van der Waals surface area contributed by atoms with Crippen molar-refractivity contribution in [1.29, 1.82) is 0 Å². The van der Waals surface area contributed by atoms with Crippen molar-refractivity contribution in [2.45, 2.75) is 43.8 Å². The van der Waals surface area contributed by atoms with Crippen LogP contribution in [0.25, 0.3) is 22.4 Å². The van der Waals surface area contributed by atoms with Crippen LogP contribution < -0.4 is 0 Å². The Morgan fingerprint density at radius 1 is 1.06 bits per heavy atom. The molecule has 0 amide bonds. The number of thioether (sulfide) groups is 1. The van der Waals surface area contributed by atoms with Gasteiger partial charge in [-0.3, -0.25) is 0 Å². The molecule has 0 aliphatic rings. The molecule has 34 heavy (non-hydrogen) atoms. The summed E-state index contributed by atoms with van der Waals surface area (Å²) in [5.74, 6) is 2.51. The molecule has 0 bridgehead atoms.